The minimum atomic E-state index is -2.29. The van der Waals surface area contributed by atoms with E-state index < -0.39 is 152 Å². The van der Waals surface area contributed by atoms with Gasteiger partial charge in [-0.3, -0.25) is 33.6 Å². The van der Waals surface area contributed by atoms with Gasteiger partial charge in [0.05, 0.1) is 31.0 Å². The van der Waals surface area contributed by atoms with Crippen molar-refractivity contribution in [3.8, 4) is 33.8 Å². The van der Waals surface area contributed by atoms with E-state index in [1.165, 1.54) is 31.2 Å². The van der Waals surface area contributed by atoms with Crippen molar-refractivity contribution in [2.24, 2.45) is 5.92 Å². The Morgan fingerprint density at radius 3 is 1.72 bits per heavy atom. The number of amides is 7. The Kier molecular flexibility index (Phi) is 20.8. The molecule has 0 spiro atoms. The Hall–Kier alpha value is -7.55. The topological polar surface area (TPSA) is 377 Å². The van der Waals surface area contributed by atoms with E-state index in [4.69, 9.17) is 4.74 Å². The van der Waals surface area contributed by atoms with E-state index in [1.54, 1.807) is 12.1 Å². The lowest BCUT2D eigenvalue weighted by Gasteiger charge is -2.34. The summed E-state index contributed by atoms with van der Waals surface area (Å²) in [7, 11) is 0. The third-order valence-electron chi connectivity index (χ3n) is 15.0. The number of hydrogen-bond donors (Lipinski definition) is 14. The fourth-order valence-electron chi connectivity index (χ4n) is 10.2. The van der Waals surface area contributed by atoms with E-state index in [1.807, 2.05) is 48.5 Å². The van der Waals surface area contributed by atoms with Gasteiger partial charge >= 0.3 is 0 Å². The number of phenols is 1. The van der Waals surface area contributed by atoms with E-state index in [0.717, 1.165) is 77.5 Å². The highest BCUT2D eigenvalue weighted by molar-refractivity contribution is 6.00. The number of ether oxygens (including phenoxy) is 1. The summed E-state index contributed by atoms with van der Waals surface area (Å²) in [4.78, 5) is 102. The summed E-state index contributed by atoms with van der Waals surface area (Å²) >= 11 is 0. The lowest BCUT2D eigenvalue weighted by atomic mass is 9.96. The normalized spacial score (nSPS) is 27.5. The number of unbranched alkanes of at least 4 members (excludes halogenated alkanes) is 2. The van der Waals surface area contributed by atoms with Crippen molar-refractivity contribution in [2.45, 2.75) is 145 Å². The fraction of sp³-hybridized carbons (Fsp3) is 0.466. The lowest BCUT2D eigenvalue weighted by molar-refractivity contribution is -0.148. The fourth-order valence-corrected chi connectivity index (χ4v) is 10.2. The Morgan fingerprint density at radius 2 is 1.16 bits per heavy atom. The minimum absolute atomic E-state index is 0.00973. The van der Waals surface area contributed by atoms with Crippen molar-refractivity contribution in [3.63, 3.8) is 0 Å². The molecular weight excluding hydrogens is 1070 g/mol. The summed E-state index contributed by atoms with van der Waals surface area (Å²) in [6.07, 6.45) is -13.6. The molecule has 82 heavy (non-hydrogen) atoms. The molecule has 7 amide bonds. The maximum absolute atomic E-state index is 14.5. The van der Waals surface area contributed by atoms with Crippen LogP contribution in [0, 0.1) is 5.92 Å². The van der Waals surface area contributed by atoms with Crippen LogP contribution in [0.4, 0.5) is 0 Å². The number of hydrogen-bond acceptors (Lipinski definition) is 17. The van der Waals surface area contributed by atoms with Gasteiger partial charge in [0, 0.05) is 37.4 Å². The van der Waals surface area contributed by atoms with Gasteiger partial charge in [-0.05, 0) is 84.5 Å². The van der Waals surface area contributed by atoms with E-state index in [2.05, 4.69) is 33.5 Å². The number of carbonyl (C=O) groups is 7. The standard InChI is InChI=1S/C58H73N7O17/c1-5-6-7-24-82-40-22-18-35(19-23-40)33-10-8-32(9-11-33)34-12-14-37(15-13-34)51(74)59-41-26-43(70)54(77)63-56(79)47-48(71)29(2)27-65(47)58(81)45(31(4)67)61-55(78)46(50(73)49(72)36-16-20-38(68)21-17-36)62-53(76)42-25-39(69)28-64(42)57(80)44(30(3)66)60-52(41)75/h8-23,29-31,39,41-50,54,66-73,77H,5-7,24-28H2,1-4H3,(H,59,74)(H,60,75)(H,61,78)(H,62,76)(H,63,79)/t29-,30+,31+,39+,41-,42-,43+,44-,45-,46?,47-,48-,49-,50-,54+/m0/s1. The molecule has 4 aromatic rings. The zero-order valence-corrected chi connectivity index (χ0v) is 45.7. The number of nitrogens with zero attached hydrogens (tertiary/aromatic N) is 2. The zero-order chi connectivity index (χ0) is 59.7. The number of carbonyl (C=O) groups excluding carboxylic acids is 7. The van der Waals surface area contributed by atoms with Crippen molar-refractivity contribution in [3.05, 3.63) is 108 Å². The molecule has 24 nitrogen and oxygen atoms in total. The Morgan fingerprint density at radius 1 is 0.634 bits per heavy atom. The predicted molar refractivity (Wildman–Crippen MR) is 293 cm³/mol. The van der Waals surface area contributed by atoms with Crippen LogP contribution < -0.4 is 31.3 Å². The molecule has 4 aromatic carbocycles. The van der Waals surface area contributed by atoms with Crippen molar-refractivity contribution in [1.82, 2.24) is 36.4 Å². The van der Waals surface area contributed by atoms with E-state index in [-0.39, 0.29) is 23.4 Å². The molecule has 3 heterocycles. The molecule has 24 heteroatoms. The van der Waals surface area contributed by atoms with Crippen LogP contribution in [0.3, 0.4) is 0 Å². The average Bonchev–Trinajstić information content (AvgIpc) is 4.06. The molecule has 3 aliphatic heterocycles. The molecule has 0 radical (unpaired) electrons. The van der Waals surface area contributed by atoms with Crippen LogP contribution in [0.25, 0.3) is 22.3 Å². The maximum Gasteiger partial charge on any atom is 0.251 e. The van der Waals surface area contributed by atoms with Gasteiger partial charge in [0.15, 0.2) is 6.23 Å². The minimum Gasteiger partial charge on any atom is -0.508 e. The van der Waals surface area contributed by atoms with Crippen LogP contribution in [0.15, 0.2) is 97.1 Å². The summed E-state index contributed by atoms with van der Waals surface area (Å²) < 4.78 is 5.84. The number of aliphatic hydroxyl groups excluding tert-OH is 8. The van der Waals surface area contributed by atoms with Crippen LogP contribution in [-0.2, 0) is 28.8 Å². The monoisotopic (exact) mass is 1140 g/mol. The quantitative estimate of drug-likeness (QED) is 0.0679. The Bertz CT molecular complexity index is 2880. The molecule has 1 unspecified atom stereocenters. The molecule has 0 aliphatic carbocycles. The summed E-state index contributed by atoms with van der Waals surface area (Å²) in [5, 5.41) is 111. The molecule has 0 bridgehead atoms. The molecule has 7 rings (SSSR count). The van der Waals surface area contributed by atoms with Crippen LogP contribution in [0.2, 0.25) is 0 Å². The third kappa shape index (κ3) is 14.7. The van der Waals surface area contributed by atoms with Gasteiger partial charge < -0.3 is 87.1 Å². The highest BCUT2D eigenvalue weighted by atomic mass is 16.5. The van der Waals surface area contributed by atoms with Crippen LogP contribution in [-0.4, -0.2) is 196 Å². The van der Waals surface area contributed by atoms with E-state index in [0.29, 0.717) is 12.2 Å². The predicted octanol–water partition coefficient (Wildman–Crippen LogP) is -0.927. The molecular formula is C58H73N7O17. The Labute approximate surface area is 473 Å². The number of phenolic OH excluding ortho intramolecular Hbond substituents is 1. The first-order chi connectivity index (χ1) is 39.0. The first-order valence-electron chi connectivity index (χ1n) is 27.3. The molecule has 14 N–H and O–H groups in total. The van der Waals surface area contributed by atoms with Crippen LogP contribution >= 0.6 is 0 Å². The number of fused-ring (bicyclic) bond motifs is 2. The van der Waals surface area contributed by atoms with E-state index in [9.17, 15) is 79.5 Å². The zero-order valence-electron chi connectivity index (χ0n) is 45.7. The van der Waals surface area contributed by atoms with Crippen molar-refractivity contribution in [1.29, 1.82) is 0 Å². The maximum atomic E-state index is 14.5. The van der Waals surface area contributed by atoms with Crippen molar-refractivity contribution in [2.75, 3.05) is 19.7 Å². The summed E-state index contributed by atoms with van der Waals surface area (Å²) in [6, 6.07) is 14.7. The number of rotatable bonds is 14. The van der Waals surface area contributed by atoms with Crippen molar-refractivity contribution < 1.29 is 84.3 Å². The molecule has 0 aromatic heterocycles. The lowest BCUT2D eigenvalue weighted by Crippen LogP contribution is -2.64. The van der Waals surface area contributed by atoms with Gasteiger partial charge in [0.2, 0.25) is 35.4 Å². The molecule has 0 saturated carbocycles. The first-order valence-corrected chi connectivity index (χ1v) is 27.3. The number of benzene rings is 4. The highest BCUT2D eigenvalue weighted by Crippen LogP contribution is 2.30. The van der Waals surface area contributed by atoms with E-state index >= 15 is 0 Å². The largest absolute Gasteiger partial charge is 0.508 e. The smallest absolute Gasteiger partial charge is 0.251 e. The molecule has 3 saturated heterocycles. The summed E-state index contributed by atoms with van der Waals surface area (Å²) in [6.45, 7) is 5.47. The number of aliphatic hydroxyl groups is 8. The molecule has 15 atom stereocenters. The number of nitrogens with one attached hydrogen (secondary N) is 5. The summed E-state index contributed by atoms with van der Waals surface area (Å²) in [5.41, 5.74) is 3.37. The third-order valence-corrected chi connectivity index (χ3v) is 15.0. The molecule has 3 aliphatic rings. The SMILES string of the molecule is CCCCCOc1ccc(-c2ccc(-c3ccc(C(=O)N[C@H]4C[C@@H](O)[C@@H](O)NC(=O)[C@@H]5[C@@H](O)[C@@H](C)CN5C(=O)[C@H]([C@@H](C)O)NC(=O)C([C@H](O)[C@@H](O)c5ccc(O)cc5)NC(=O)[C@@H]5C[C@@H](O)CN5C(=O)[C@H]([C@@H](C)O)NC4=O)cc3)cc2)cc1. The van der Waals surface area contributed by atoms with Gasteiger partial charge in [-0.1, -0.05) is 87.4 Å². The molecule has 3 fully saturated rings. The second-order valence-corrected chi connectivity index (χ2v) is 21.3. The second kappa shape index (κ2) is 27.5. The van der Waals surface area contributed by atoms with Gasteiger partial charge in [-0.25, -0.2) is 0 Å². The van der Waals surface area contributed by atoms with Gasteiger partial charge in [-0.2, -0.15) is 0 Å². The van der Waals surface area contributed by atoms with Gasteiger partial charge in [0.25, 0.3) is 5.91 Å². The van der Waals surface area contributed by atoms with Gasteiger partial charge in [0.1, 0.15) is 66.1 Å². The van der Waals surface area contributed by atoms with Gasteiger partial charge in [-0.15, -0.1) is 0 Å². The van der Waals surface area contributed by atoms with Crippen LogP contribution in [0.1, 0.15) is 81.8 Å². The Balaban J connectivity index is 1.18. The second-order valence-electron chi connectivity index (χ2n) is 21.3. The summed E-state index contributed by atoms with van der Waals surface area (Å²) in [5.74, 6) is -8.67. The number of aromatic hydroxyl groups is 1. The molecule has 442 valence electrons. The van der Waals surface area contributed by atoms with Crippen molar-refractivity contribution >= 4 is 41.4 Å². The van der Waals surface area contributed by atoms with Crippen LogP contribution in [0.5, 0.6) is 11.5 Å². The first kappa shape index (κ1) is 62.1. The average molecular weight is 1140 g/mol. The highest BCUT2D eigenvalue weighted by Gasteiger charge is 2.50.